The summed E-state index contributed by atoms with van der Waals surface area (Å²) in [5, 5.41) is 0.610. The highest BCUT2D eigenvalue weighted by Crippen LogP contribution is 2.36. The lowest BCUT2D eigenvalue weighted by Gasteiger charge is -2.11. The van der Waals surface area contributed by atoms with Gasteiger partial charge in [0.25, 0.3) is 0 Å². The van der Waals surface area contributed by atoms with Gasteiger partial charge in [-0.1, -0.05) is 12.1 Å². The number of aliphatic imine (C=N–C) groups is 1. The summed E-state index contributed by atoms with van der Waals surface area (Å²) >= 11 is 1.22. The van der Waals surface area contributed by atoms with Crippen LogP contribution in [0.3, 0.4) is 0 Å². The van der Waals surface area contributed by atoms with Crippen LogP contribution in [-0.2, 0) is 0 Å². The van der Waals surface area contributed by atoms with Crippen molar-refractivity contribution in [2.45, 2.75) is 6.42 Å². The number of ketones is 2. The molecule has 3 rings (SSSR count). The van der Waals surface area contributed by atoms with E-state index in [0.29, 0.717) is 27.9 Å². The van der Waals surface area contributed by atoms with Crippen LogP contribution >= 0.6 is 11.3 Å². The van der Waals surface area contributed by atoms with Gasteiger partial charge in [-0.15, -0.1) is 11.3 Å². The van der Waals surface area contributed by atoms with Crippen molar-refractivity contribution >= 4 is 28.6 Å². The molecule has 0 atom stereocenters. The number of carbonyl (C=O) groups is 2. The maximum Gasteiger partial charge on any atom is 0.219 e. The number of hydrogen-bond acceptors (Lipinski definition) is 7. The molecule has 1 aliphatic carbocycles. The molecule has 0 spiro atoms. The van der Waals surface area contributed by atoms with Crippen LogP contribution in [0.4, 0.5) is 0 Å². The predicted molar refractivity (Wildman–Crippen MR) is 98.2 cm³/mol. The van der Waals surface area contributed by atoms with E-state index in [2.05, 4.69) is 9.98 Å². The second kappa shape index (κ2) is 7.25. The number of carbonyl (C=O) groups excluding carboxylic acids is 2. The first-order valence-electron chi connectivity index (χ1n) is 7.91. The van der Waals surface area contributed by atoms with Crippen molar-refractivity contribution in [2.24, 2.45) is 4.99 Å². The molecule has 0 unspecified atom stereocenters. The minimum atomic E-state index is -0.188. The van der Waals surface area contributed by atoms with Gasteiger partial charge < -0.3 is 9.64 Å². The number of likely N-dealkylation sites (N-methyl/N-ethyl adjacent to an activating group) is 1. The molecule has 1 heterocycles. The minimum Gasteiger partial charge on any atom is -0.496 e. The number of aromatic nitrogens is 1. The van der Waals surface area contributed by atoms with Crippen molar-refractivity contribution in [2.75, 3.05) is 34.3 Å². The minimum absolute atomic E-state index is 0.0222. The fourth-order valence-electron chi connectivity index (χ4n) is 2.56. The van der Waals surface area contributed by atoms with E-state index in [1.54, 1.807) is 7.11 Å². The van der Waals surface area contributed by atoms with E-state index in [1.165, 1.54) is 11.3 Å². The van der Waals surface area contributed by atoms with E-state index in [-0.39, 0.29) is 23.7 Å². The molecule has 0 N–H and O–H groups in total. The van der Waals surface area contributed by atoms with E-state index in [4.69, 9.17) is 4.74 Å². The topological polar surface area (TPSA) is 71.9 Å². The van der Waals surface area contributed by atoms with Crippen LogP contribution in [0.15, 0.2) is 29.3 Å². The van der Waals surface area contributed by atoms with Gasteiger partial charge in [0.05, 0.1) is 31.4 Å². The summed E-state index contributed by atoms with van der Waals surface area (Å²) in [4.78, 5) is 36.2. The predicted octanol–water partition coefficient (Wildman–Crippen LogP) is 2.59. The van der Waals surface area contributed by atoms with Crippen LogP contribution in [0.5, 0.6) is 5.75 Å². The zero-order chi connectivity index (χ0) is 18.0. The number of Topliss-reactive ketones (excluding diaryl/α,β-unsaturated/α-hetero) is 2. The zero-order valence-corrected chi connectivity index (χ0v) is 15.2. The average Bonchev–Trinajstić information content (AvgIpc) is 3.05. The number of fused-ring (bicyclic) bond motifs is 1. The summed E-state index contributed by atoms with van der Waals surface area (Å²) < 4.78 is 5.35. The standard InChI is InChI=1S/C18H19N3O3S/c1-21(2)9-8-19-12-10-13(22)15-17(16(12)23)25-18(20-15)11-6-4-5-7-14(11)24-3/h4-7H,8-10H2,1-3H3. The summed E-state index contributed by atoms with van der Waals surface area (Å²) in [5.41, 5.74) is 1.35. The highest BCUT2D eigenvalue weighted by atomic mass is 32.1. The van der Waals surface area contributed by atoms with E-state index < -0.39 is 0 Å². The molecule has 0 saturated heterocycles. The fraction of sp³-hybridized carbons (Fsp3) is 0.333. The molecule has 2 aromatic rings. The molecule has 0 saturated carbocycles. The first-order chi connectivity index (χ1) is 12.0. The van der Waals surface area contributed by atoms with Crippen molar-refractivity contribution in [1.29, 1.82) is 0 Å². The highest BCUT2D eigenvalue weighted by Gasteiger charge is 2.33. The smallest absolute Gasteiger partial charge is 0.219 e. The van der Waals surface area contributed by atoms with Crippen molar-refractivity contribution in [3.8, 4) is 16.3 Å². The van der Waals surface area contributed by atoms with Gasteiger partial charge in [0.1, 0.15) is 21.3 Å². The summed E-state index contributed by atoms with van der Waals surface area (Å²) in [5.74, 6) is 0.316. The van der Waals surface area contributed by atoms with Crippen LogP contribution in [-0.4, -0.2) is 61.5 Å². The summed E-state index contributed by atoms with van der Waals surface area (Å²) in [6.45, 7) is 1.22. The first-order valence-corrected chi connectivity index (χ1v) is 8.73. The molecule has 1 aromatic carbocycles. The summed E-state index contributed by atoms with van der Waals surface area (Å²) in [6, 6.07) is 7.43. The molecule has 1 aromatic heterocycles. The fourth-order valence-corrected chi connectivity index (χ4v) is 3.63. The van der Waals surface area contributed by atoms with Gasteiger partial charge in [0.15, 0.2) is 5.78 Å². The number of benzene rings is 1. The van der Waals surface area contributed by atoms with Crippen molar-refractivity contribution in [1.82, 2.24) is 9.88 Å². The molecule has 130 valence electrons. The van der Waals surface area contributed by atoms with Gasteiger partial charge >= 0.3 is 0 Å². The maximum atomic E-state index is 12.7. The van der Waals surface area contributed by atoms with Gasteiger partial charge in [-0.2, -0.15) is 0 Å². The third kappa shape index (κ3) is 3.52. The lowest BCUT2D eigenvalue weighted by atomic mass is 9.98. The normalized spacial score (nSPS) is 15.8. The lowest BCUT2D eigenvalue weighted by molar-refractivity contribution is 0.0963. The molecular formula is C18H19N3O3S. The number of ether oxygens (including phenoxy) is 1. The number of para-hydroxylation sites is 1. The van der Waals surface area contributed by atoms with Crippen molar-refractivity contribution < 1.29 is 14.3 Å². The van der Waals surface area contributed by atoms with Crippen molar-refractivity contribution in [3.63, 3.8) is 0 Å². The van der Waals surface area contributed by atoms with Crippen LogP contribution < -0.4 is 4.74 Å². The molecule has 6 nitrogen and oxygen atoms in total. The van der Waals surface area contributed by atoms with E-state index >= 15 is 0 Å². The second-order valence-corrected chi connectivity index (χ2v) is 6.96. The second-order valence-electron chi connectivity index (χ2n) is 5.96. The quantitative estimate of drug-likeness (QED) is 0.822. The van der Waals surface area contributed by atoms with Gasteiger partial charge in [0.2, 0.25) is 5.78 Å². The Balaban J connectivity index is 1.95. The Kier molecular flexibility index (Phi) is 5.06. The molecule has 25 heavy (non-hydrogen) atoms. The molecule has 1 aliphatic rings. The average molecular weight is 357 g/mol. The first kappa shape index (κ1) is 17.4. The van der Waals surface area contributed by atoms with Gasteiger partial charge in [-0.25, -0.2) is 4.98 Å². The van der Waals surface area contributed by atoms with E-state index in [9.17, 15) is 9.59 Å². The zero-order valence-electron chi connectivity index (χ0n) is 14.4. The highest BCUT2D eigenvalue weighted by molar-refractivity contribution is 7.18. The molecule has 7 heteroatoms. The summed E-state index contributed by atoms with van der Waals surface area (Å²) in [6.07, 6.45) is 0.0222. The molecule has 0 radical (unpaired) electrons. The molecule has 0 fully saturated rings. The number of thiazole rings is 1. The SMILES string of the molecule is COc1ccccc1-c1nc2c(s1)C(=O)C(=NCCN(C)C)CC2=O. The van der Waals surface area contributed by atoms with Crippen LogP contribution in [0.2, 0.25) is 0 Å². The monoisotopic (exact) mass is 357 g/mol. The molecule has 0 bridgehead atoms. The van der Waals surface area contributed by atoms with Crippen LogP contribution in [0.25, 0.3) is 10.6 Å². The lowest BCUT2D eigenvalue weighted by Crippen LogP contribution is -2.27. The Hall–Kier alpha value is -2.38. The van der Waals surface area contributed by atoms with E-state index in [1.807, 2.05) is 43.3 Å². The number of hydrogen-bond donors (Lipinski definition) is 0. The third-order valence-electron chi connectivity index (χ3n) is 3.87. The Bertz CT molecular complexity index is 855. The van der Waals surface area contributed by atoms with E-state index in [0.717, 1.165) is 12.1 Å². The molecule has 0 amide bonds. The largest absolute Gasteiger partial charge is 0.496 e. The number of methoxy groups -OCH3 is 1. The van der Waals surface area contributed by atoms with Gasteiger partial charge in [-0.3, -0.25) is 14.6 Å². The Labute approximate surface area is 150 Å². The summed E-state index contributed by atoms with van der Waals surface area (Å²) in [7, 11) is 5.46. The van der Waals surface area contributed by atoms with Crippen LogP contribution in [0, 0.1) is 0 Å². The van der Waals surface area contributed by atoms with Gasteiger partial charge in [0, 0.05) is 6.54 Å². The Morgan fingerprint density at radius 1 is 1.28 bits per heavy atom. The maximum absolute atomic E-state index is 12.7. The van der Waals surface area contributed by atoms with Gasteiger partial charge in [-0.05, 0) is 26.2 Å². The Morgan fingerprint density at radius 3 is 2.76 bits per heavy atom. The van der Waals surface area contributed by atoms with Crippen LogP contribution in [0.1, 0.15) is 26.6 Å². The molecule has 0 aliphatic heterocycles. The Morgan fingerprint density at radius 2 is 2.04 bits per heavy atom. The third-order valence-corrected chi connectivity index (χ3v) is 4.96. The number of nitrogens with zero attached hydrogens (tertiary/aromatic N) is 3. The molecular weight excluding hydrogens is 338 g/mol. The van der Waals surface area contributed by atoms with Crippen molar-refractivity contribution in [3.05, 3.63) is 34.8 Å². The number of rotatable bonds is 5.